The number of furan rings is 1. The number of halogens is 1. The van der Waals surface area contributed by atoms with Crippen molar-refractivity contribution in [3.05, 3.63) is 42.6 Å². The van der Waals surface area contributed by atoms with Gasteiger partial charge in [-0.15, -0.1) is 24.0 Å². The van der Waals surface area contributed by atoms with E-state index in [1.165, 1.54) is 0 Å². The van der Waals surface area contributed by atoms with Gasteiger partial charge in [-0.3, -0.25) is 4.99 Å². The van der Waals surface area contributed by atoms with Crippen molar-refractivity contribution >= 4 is 35.9 Å². The number of guanidine groups is 1. The Morgan fingerprint density at radius 3 is 2.69 bits per heavy atom. The number of nitrogens with one attached hydrogen (secondary N) is 2. The summed E-state index contributed by atoms with van der Waals surface area (Å²) in [6.45, 7) is 5.54. The van der Waals surface area contributed by atoms with Gasteiger partial charge in [-0.05, 0) is 38.0 Å². The van der Waals surface area contributed by atoms with Crippen molar-refractivity contribution in [1.29, 1.82) is 0 Å². The van der Waals surface area contributed by atoms with Crippen LogP contribution in [0.15, 0.2) is 46.3 Å². The molecule has 8 heteroatoms. The lowest BCUT2D eigenvalue weighted by molar-refractivity contribution is 0.457. The summed E-state index contributed by atoms with van der Waals surface area (Å²) in [5, 5.41) is 6.87. The quantitative estimate of drug-likeness (QED) is 0.384. The van der Waals surface area contributed by atoms with Crippen molar-refractivity contribution in [1.82, 2.24) is 20.6 Å². The van der Waals surface area contributed by atoms with Crippen molar-refractivity contribution < 1.29 is 4.42 Å². The first-order valence-electron chi connectivity index (χ1n) is 8.94. The second-order valence-corrected chi connectivity index (χ2v) is 6.04. The van der Waals surface area contributed by atoms with Crippen molar-refractivity contribution in [2.45, 2.75) is 32.2 Å². The largest absolute Gasteiger partial charge is 0.469 e. The number of rotatable bonds is 6. The van der Waals surface area contributed by atoms with E-state index in [9.17, 15) is 0 Å². The number of hydrogen-bond acceptors (Lipinski definition) is 5. The minimum absolute atomic E-state index is 0. The molecule has 3 heterocycles. The maximum absolute atomic E-state index is 5.35. The van der Waals surface area contributed by atoms with Crippen LogP contribution in [0.2, 0.25) is 0 Å². The van der Waals surface area contributed by atoms with Gasteiger partial charge in [-0.2, -0.15) is 0 Å². The van der Waals surface area contributed by atoms with Crippen molar-refractivity contribution in [2.75, 3.05) is 31.1 Å². The molecule has 0 saturated carbocycles. The fraction of sp³-hybridized carbons (Fsp3) is 0.500. The monoisotopic (exact) mass is 470 g/mol. The molecule has 0 atom stereocenters. The predicted octanol–water partition coefficient (Wildman–Crippen LogP) is 2.45. The van der Waals surface area contributed by atoms with E-state index in [2.05, 4.69) is 37.4 Å². The van der Waals surface area contributed by atoms with Crippen LogP contribution in [-0.4, -0.2) is 48.1 Å². The first kappa shape index (κ1) is 20.5. The molecule has 0 radical (unpaired) electrons. The Kier molecular flexibility index (Phi) is 8.66. The highest BCUT2D eigenvalue weighted by Gasteiger charge is 2.21. The number of aliphatic imine (C=N–C) groups is 1. The van der Waals surface area contributed by atoms with E-state index in [0.717, 1.165) is 56.6 Å². The lowest BCUT2D eigenvalue weighted by Gasteiger charge is -2.33. The zero-order chi connectivity index (χ0) is 17.3. The zero-order valence-corrected chi connectivity index (χ0v) is 17.4. The van der Waals surface area contributed by atoms with Gasteiger partial charge in [0.1, 0.15) is 5.76 Å². The first-order chi connectivity index (χ1) is 12.3. The van der Waals surface area contributed by atoms with E-state index in [1.807, 2.05) is 18.2 Å². The highest BCUT2D eigenvalue weighted by atomic mass is 127. The van der Waals surface area contributed by atoms with E-state index < -0.39 is 0 Å². The Hall–Kier alpha value is -1.84. The topological polar surface area (TPSA) is 78.6 Å². The van der Waals surface area contributed by atoms with Crippen LogP contribution in [0.4, 0.5) is 5.95 Å². The number of piperidine rings is 1. The highest BCUT2D eigenvalue weighted by Crippen LogP contribution is 2.15. The minimum atomic E-state index is 0. The number of anilines is 1. The lowest BCUT2D eigenvalue weighted by Crippen LogP contribution is -2.49. The molecule has 1 fully saturated rings. The Labute approximate surface area is 171 Å². The van der Waals surface area contributed by atoms with Crippen LogP contribution >= 0.6 is 24.0 Å². The molecule has 2 aromatic rings. The van der Waals surface area contributed by atoms with Crippen LogP contribution in [-0.2, 0) is 6.42 Å². The molecule has 0 aliphatic carbocycles. The molecule has 0 amide bonds. The summed E-state index contributed by atoms with van der Waals surface area (Å²) >= 11 is 0. The van der Waals surface area contributed by atoms with E-state index >= 15 is 0 Å². The average Bonchev–Trinajstić information content (AvgIpc) is 3.17. The summed E-state index contributed by atoms with van der Waals surface area (Å²) in [7, 11) is 0. The van der Waals surface area contributed by atoms with Gasteiger partial charge in [0, 0.05) is 51.0 Å². The summed E-state index contributed by atoms with van der Waals surface area (Å²) in [6, 6.07) is 6.16. The van der Waals surface area contributed by atoms with Gasteiger partial charge in [0.2, 0.25) is 5.95 Å². The number of hydrogen-bond donors (Lipinski definition) is 2. The molecule has 1 aliphatic rings. The molecule has 2 N–H and O–H groups in total. The predicted molar refractivity (Wildman–Crippen MR) is 114 cm³/mol. The molecule has 1 saturated heterocycles. The molecule has 26 heavy (non-hydrogen) atoms. The van der Waals surface area contributed by atoms with Crippen LogP contribution in [0.1, 0.15) is 25.5 Å². The van der Waals surface area contributed by atoms with Crippen LogP contribution in [0.25, 0.3) is 0 Å². The van der Waals surface area contributed by atoms with Gasteiger partial charge in [0.05, 0.1) is 6.26 Å². The maximum Gasteiger partial charge on any atom is 0.225 e. The van der Waals surface area contributed by atoms with E-state index in [4.69, 9.17) is 4.42 Å². The molecule has 7 nitrogen and oxygen atoms in total. The van der Waals surface area contributed by atoms with Crippen molar-refractivity contribution in [3.8, 4) is 0 Å². The van der Waals surface area contributed by atoms with Crippen molar-refractivity contribution in [3.63, 3.8) is 0 Å². The molecular weight excluding hydrogens is 443 g/mol. The standard InChI is InChI=1S/C18H26N6O.HI/c1-2-19-17(20-11-6-16-5-3-14-25-16)23-15-7-12-24(13-8-15)18-21-9-4-10-22-18;/h3-5,9-10,14-15H,2,6-8,11-13H2,1H3,(H2,19,20,23);1H. The molecule has 1 aliphatic heterocycles. The second-order valence-electron chi connectivity index (χ2n) is 6.04. The normalized spacial score (nSPS) is 15.4. The molecular formula is C18H27IN6O. The fourth-order valence-corrected chi connectivity index (χ4v) is 2.92. The van der Waals surface area contributed by atoms with Gasteiger partial charge >= 0.3 is 0 Å². The van der Waals surface area contributed by atoms with Crippen LogP contribution in [0.5, 0.6) is 0 Å². The molecule has 0 spiro atoms. The Morgan fingerprint density at radius 2 is 2.04 bits per heavy atom. The Balaban J connectivity index is 0.00000243. The van der Waals surface area contributed by atoms with Crippen LogP contribution in [0.3, 0.4) is 0 Å². The molecule has 0 unspecified atom stereocenters. The van der Waals surface area contributed by atoms with Gasteiger partial charge in [-0.25, -0.2) is 9.97 Å². The summed E-state index contributed by atoms with van der Waals surface area (Å²) in [5.41, 5.74) is 0. The van der Waals surface area contributed by atoms with Gasteiger partial charge in [0.25, 0.3) is 0 Å². The zero-order valence-electron chi connectivity index (χ0n) is 15.1. The molecule has 0 bridgehead atoms. The van der Waals surface area contributed by atoms with Crippen molar-refractivity contribution in [2.24, 2.45) is 4.99 Å². The third-order valence-corrected chi connectivity index (χ3v) is 4.22. The van der Waals surface area contributed by atoms with E-state index in [0.29, 0.717) is 12.6 Å². The lowest BCUT2D eigenvalue weighted by atomic mass is 10.1. The van der Waals surface area contributed by atoms with E-state index in [1.54, 1.807) is 18.7 Å². The molecule has 142 valence electrons. The first-order valence-corrected chi connectivity index (χ1v) is 8.94. The van der Waals surface area contributed by atoms with E-state index in [-0.39, 0.29) is 24.0 Å². The maximum atomic E-state index is 5.35. The summed E-state index contributed by atoms with van der Waals surface area (Å²) < 4.78 is 5.35. The fourth-order valence-electron chi connectivity index (χ4n) is 2.92. The van der Waals surface area contributed by atoms with Crippen LogP contribution in [0, 0.1) is 0 Å². The van der Waals surface area contributed by atoms with Gasteiger partial charge in [0.15, 0.2) is 5.96 Å². The van der Waals surface area contributed by atoms with Crippen LogP contribution < -0.4 is 15.5 Å². The van der Waals surface area contributed by atoms with Gasteiger partial charge < -0.3 is 20.0 Å². The summed E-state index contributed by atoms with van der Waals surface area (Å²) in [4.78, 5) is 15.6. The Morgan fingerprint density at radius 1 is 1.27 bits per heavy atom. The molecule has 3 rings (SSSR count). The highest BCUT2D eigenvalue weighted by molar-refractivity contribution is 14.0. The number of aromatic nitrogens is 2. The minimum Gasteiger partial charge on any atom is -0.469 e. The van der Waals surface area contributed by atoms with Gasteiger partial charge in [-0.1, -0.05) is 0 Å². The molecule has 0 aromatic carbocycles. The second kappa shape index (κ2) is 11.0. The summed E-state index contributed by atoms with van der Waals surface area (Å²) in [5.74, 6) is 2.67. The Bertz CT molecular complexity index is 641. The third kappa shape index (κ3) is 6.15. The molecule has 2 aromatic heterocycles. The number of nitrogens with zero attached hydrogens (tertiary/aromatic N) is 4. The third-order valence-electron chi connectivity index (χ3n) is 4.22. The summed E-state index contributed by atoms with van der Waals surface area (Å²) in [6.07, 6.45) is 8.19. The average molecular weight is 470 g/mol. The smallest absolute Gasteiger partial charge is 0.225 e. The SMILES string of the molecule is CCNC(=NCCc1ccco1)NC1CCN(c2ncccn2)CC1.I.